The number of piperidine rings is 1. The van der Waals surface area contributed by atoms with Gasteiger partial charge < -0.3 is 30.3 Å². The summed E-state index contributed by atoms with van der Waals surface area (Å²) in [5, 5.41) is 15.9. The van der Waals surface area contributed by atoms with Gasteiger partial charge in [0.1, 0.15) is 17.5 Å². The fraction of sp³-hybridized carbons (Fsp3) is 0.571. The van der Waals surface area contributed by atoms with Crippen molar-refractivity contribution in [2.75, 3.05) is 59.8 Å². The SMILES string of the molecule is C[C@@H]1CN(c2cc(NC(=O)c3ccc(NC(C)(C)CO)nc3N3CCC4(CC3)CC4)ccc2F)CCO1. The number of aromatic nitrogens is 1. The number of amides is 1. The van der Waals surface area contributed by atoms with Gasteiger partial charge in [0, 0.05) is 31.9 Å². The van der Waals surface area contributed by atoms with Gasteiger partial charge in [0.15, 0.2) is 0 Å². The van der Waals surface area contributed by atoms with Gasteiger partial charge in [-0.3, -0.25) is 4.79 Å². The first-order chi connectivity index (χ1) is 17.7. The molecule has 3 aliphatic rings. The largest absolute Gasteiger partial charge is 0.394 e. The van der Waals surface area contributed by atoms with Crippen LogP contribution in [0.4, 0.5) is 27.4 Å². The number of rotatable bonds is 7. The summed E-state index contributed by atoms with van der Waals surface area (Å²) in [5.41, 5.74) is 1.42. The van der Waals surface area contributed by atoms with Gasteiger partial charge in [-0.25, -0.2) is 9.37 Å². The molecule has 2 aromatic rings. The summed E-state index contributed by atoms with van der Waals surface area (Å²) >= 11 is 0. The molecule has 5 rings (SSSR count). The maximum Gasteiger partial charge on any atom is 0.259 e. The van der Waals surface area contributed by atoms with E-state index in [1.165, 1.54) is 18.9 Å². The van der Waals surface area contributed by atoms with Gasteiger partial charge in [0.25, 0.3) is 5.91 Å². The number of carbonyl (C=O) groups is 1. The highest BCUT2D eigenvalue weighted by Gasteiger charge is 2.45. The summed E-state index contributed by atoms with van der Waals surface area (Å²) < 4.78 is 20.3. The molecule has 1 aromatic heterocycles. The Hall–Kier alpha value is -2.91. The third-order valence-electron chi connectivity index (χ3n) is 7.85. The maximum atomic E-state index is 14.7. The first-order valence-electron chi connectivity index (χ1n) is 13.3. The monoisotopic (exact) mass is 511 g/mol. The molecule has 3 N–H and O–H groups in total. The molecule has 0 unspecified atom stereocenters. The van der Waals surface area contributed by atoms with E-state index in [0.717, 1.165) is 25.9 Å². The van der Waals surface area contributed by atoms with Crippen molar-refractivity contribution in [3.05, 3.63) is 41.7 Å². The van der Waals surface area contributed by atoms with Crippen LogP contribution < -0.4 is 20.4 Å². The predicted molar refractivity (Wildman–Crippen MR) is 144 cm³/mol. The summed E-state index contributed by atoms with van der Waals surface area (Å²) in [6.07, 6.45) is 4.82. The lowest BCUT2D eigenvalue weighted by molar-refractivity contribution is 0.0530. The van der Waals surface area contributed by atoms with Crippen LogP contribution in [0.5, 0.6) is 0 Å². The Kier molecular flexibility index (Phi) is 7.02. The zero-order valence-electron chi connectivity index (χ0n) is 22.0. The third-order valence-corrected chi connectivity index (χ3v) is 7.85. The third kappa shape index (κ3) is 5.83. The van der Waals surface area contributed by atoms with E-state index in [-0.39, 0.29) is 24.4 Å². The van der Waals surface area contributed by atoms with Gasteiger partial charge in [0.05, 0.1) is 36.1 Å². The molecule has 3 fully saturated rings. The summed E-state index contributed by atoms with van der Waals surface area (Å²) in [6, 6.07) is 8.23. The number of aliphatic hydroxyl groups is 1. The second-order valence-corrected chi connectivity index (χ2v) is 11.5. The van der Waals surface area contributed by atoms with Crippen LogP contribution in [0.15, 0.2) is 30.3 Å². The molecular formula is C28H38FN5O3. The average molecular weight is 512 g/mol. The van der Waals surface area contributed by atoms with Crippen LogP contribution in [0, 0.1) is 11.2 Å². The summed E-state index contributed by atoms with van der Waals surface area (Å²) in [5.74, 6) is 0.646. The van der Waals surface area contributed by atoms with Crippen LogP contribution in [0.25, 0.3) is 0 Å². The molecule has 8 nitrogen and oxygen atoms in total. The molecule has 9 heteroatoms. The Morgan fingerprint density at radius 1 is 1.16 bits per heavy atom. The number of hydrogen-bond acceptors (Lipinski definition) is 7. The molecule has 3 heterocycles. The fourth-order valence-corrected chi connectivity index (χ4v) is 5.26. The van der Waals surface area contributed by atoms with E-state index in [9.17, 15) is 14.3 Å². The summed E-state index contributed by atoms with van der Waals surface area (Å²) in [6.45, 7) is 9.16. The number of halogens is 1. The molecule has 37 heavy (non-hydrogen) atoms. The first-order valence-corrected chi connectivity index (χ1v) is 13.3. The lowest BCUT2D eigenvalue weighted by Gasteiger charge is -2.34. The standard InChI is InChI=1S/C28H38FN5O3/c1-19-17-34(14-15-37-19)23-16-20(4-6-22(23)29)30-26(36)21-5-7-24(32-27(2,3)18-35)31-25(21)33-12-10-28(8-9-28)11-13-33/h4-7,16,19,35H,8-15,17-18H2,1-3H3,(H,30,36)(H,31,32)/t19-/m1/s1. The Balaban J connectivity index is 1.39. The highest BCUT2D eigenvalue weighted by Crippen LogP contribution is 2.54. The number of nitrogens with zero attached hydrogens (tertiary/aromatic N) is 3. The Labute approximate surface area is 218 Å². The molecule has 0 bridgehead atoms. The van der Waals surface area contributed by atoms with Crippen molar-refractivity contribution in [3.63, 3.8) is 0 Å². The Bertz CT molecular complexity index is 1140. The highest BCUT2D eigenvalue weighted by molar-refractivity contribution is 6.08. The molecule has 1 atom stereocenters. The zero-order valence-corrected chi connectivity index (χ0v) is 22.0. The summed E-state index contributed by atoms with van der Waals surface area (Å²) in [4.78, 5) is 22.5. The van der Waals surface area contributed by atoms with Crippen LogP contribution in [0.3, 0.4) is 0 Å². The van der Waals surface area contributed by atoms with Crippen molar-refractivity contribution >= 4 is 28.9 Å². The lowest BCUT2D eigenvalue weighted by Crippen LogP contribution is -2.41. The molecule has 1 aliphatic carbocycles. The van der Waals surface area contributed by atoms with Gasteiger partial charge in [-0.1, -0.05) is 0 Å². The van der Waals surface area contributed by atoms with E-state index in [1.807, 2.05) is 25.7 Å². The van der Waals surface area contributed by atoms with E-state index < -0.39 is 5.54 Å². The second kappa shape index (κ2) is 10.1. The van der Waals surface area contributed by atoms with Crippen molar-refractivity contribution in [3.8, 4) is 0 Å². The number of anilines is 4. The molecular weight excluding hydrogens is 473 g/mol. The first kappa shape index (κ1) is 25.7. The van der Waals surface area contributed by atoms with Gasteiger partial charge >= 0.3 is 0 Å². The predicted octanol–water partition coefficient (Wildman–Crippen LogP) is 4.26. The van der Waals surface area contributed by atoms with Crippen molar-refractivity contribution in [2.45, 2.75) is 58.1 Å². The van der Waals surface area contributed by atoms with Crippen LogP contribution in [-0.2, 0) is 4.74 Å². The normalized spacial score (nSPS) is 21.2. The Morgan fingerprint density at radius 3 is 2.59 bits per heavy atom. The minimum absolute atomic E-state index is 0.0160. The number of carbonyl (C=O) groups excluding carboxylic acids is 1. The maximum absolute atomic E-state index is 14.7. The minimum Gasteiger partial charge on any atom is -0.394 e. The average Bonchev–Trinajstić information content (AvgIpc) is 3.64. The molecule has 1 aromatic carbocycles. The van der Waals surface area contributed by atoms with E-state index in [2.05, 4.69) is 15.5 Å². The molecule has 1 saturated carbocycles. The number of aliphatic hydroxyl groups excluding tert-OH is 1. The lowest BCUT2D eigenvalue weighted by atomic mass is 9.93. The quantitative estimate of drug-likeness (QED) is 0.512. The van der Waals surface area contributed by atoms with Crippen LogP contribution >= 0.6 is 0 Å². The van der Waals surface area contributed by atoms with Crippen molar-refractivity contribution in [1.82, 2.24) is 4.98 Å². The van der Waals surface area contributed by atoms with Gasteiger partial charge in [-0.2, -0.15) is 0 Å². The van der Waals surface area contributed by atoms with Crippen LogP contribution in [-0.4, -0.2) is 67.0 Å². The van der Waals surface area contributed by atoms with E-state index in [1.54, 1.807) is 24.3 Å². The minimum atomic E-state index is -0.546. The van der Waals surface area contributed by atoms with Crippen molar-refractivity contribution in [1.29, 1.82) is 0 Å². The second-order valence-electron chi connectivity index (χ2n) is 11.5. The van der Waals surface area contributed by atoms with E-state index in [4.69, 9.17) is 9.72 Å². The zero-order chi connectivity index (χ0) is 26.2. The van der Waals surface area contributed by atoms with Crippen LogP contribution in [0.1, 0.15) is 56.8 Å². The number of pyridine rings is 1. The van der Waals surface area contributed by atoms with E-state index >= 15 is 0 Å². The molecule has 2 aliphatic heterocycles. The number of ether oxygens (including phenoxy) is 1. The highest BCUT2D eigenvalue weighted by atomic mass is 19.1. The molecule has 200 valence electrons. The molecule has 0 radical (unpaired) electrons. The number of nitrogens with one attached hydrogen (secondary N) is 2. The molecule has 1 spiro atoms. The number of hydrogen-bond donors (Lipinski definition) is 3. The van der Waals surface area contributed by atoms with Crippen LogP contribution in [0.2, 0.25) is 0 Å². The number of benzene rings is 1. The number of morpholine rings is 1. The summed E-state index contributed by atoms with van der Waals surface area (Å²) in [7, 11) is 0. The topological polar surface area (TPSA) is 90.0 Å². The van der Waals surface area contributed by atoms with Gasteiger partial charge in [-0.05, 0) is 82.2 Å². The fourth-order valence-electron chi connectivity index (χ4n) is 5.26. The van der Waals surface area contributed by atoms with Gasteiger partial charge in [0.2, 0.25) is 0 Å². The smallest absolute Gasteiger partial charge is 0.259 e. The molecule has 2 saturated heterocycles. The Morgan fingerprint density at radius 2 is 1.92 bits per heavy atom. The molecule has 1 amide bonds. The van der Waals surface area contributed by atoms with Gasteiger partial charge in [-0.15, -0.1) is 0 Å². The van der Waals surface area contributed by atoms with Crippen molar-refractivity contribution in [2.24, 2.45) is 5.41 Å². The van der Waals surface area contributed by atoms with Crippen molar-refractivity contribution < 1.29 is 19.0 Å². The van der Waals surface area contributed by atoms with E-state index in [0.29, 0.717) is 53.7 Å².